The second-order valence-electron chi connectivity index (χ2n) is 3.54. The summed E-state index contributed by atoms with van der Waals surface area (Å²) in [6, 6.07) is 5.17. The Balaban J connectivity index is 2.13. The van der Waals surface area contributed by atoms with Crippen molar-refractivity contribution in [1.82, 2.24) is 4.98 Å². The molecule has 5 nitrogen and oxygen atoms in total. The second kappa shape index (κ2) is 5.37. The van der Waals surface area contributed by atoms with Gasteiger partial charge in [0.15, 0.2) is 5.13 Å². The Bertz CT molecular complexity index is 627. The van der Waals surface area contributed by atoms with Crippen LogP contribution in [0.15, 0.2) is 30.5 Å². The number of nitrogens with zero attached hydrogens (tertiary/aromatic N) is 1. The van der Waals surface area contributed by atoms with Crippen LogP contribution in [0.5, 0.6) is 5.75 Å². The minimum atomic E-state index is -4.77. The van der Waals surface area contributed by atoms with Gasteiger partial charge in [-0.1, -0.05) is 17.4 Å². The third kappa shape index (κ3) is 3.85. The lowest BCUT2D eigenvalue weighted by Crippen LogP contribution is -2.17. The first-order valence-corrected chi connectivity index (χ1v) is 5.97. The second-order valence-corrected chi connectivity index (χ2v) is 4.57. The molecule has 2 rings (SSSR count). The fourth-order valence-corrected chi connectivity index (χ4v) is 2.00. The molecule has 2 aromatic rings. The van der Waals surface area contributed by atoms with Crippen LogP contribution in [0.1, 0.15) is 9.67 Å². The molecule has 9 heteroatoms. The molecule has 1 aromatic heterocycles. The molecule has 0 aliphatic heterocycles. The summed E-state index contributed by atoms with van der Waals surface area (Å²) in [7, 11) is 0. The summed E-state index contributed by atoms with van der Waals surface area (Å²) in [4.78, 5) is 14.5. The third-order valence-electron chi connectivity index (χ3n) is 2.04. The van der Waals surface area contributed by atoms with Crippen LogP contribution in [0.4, 0.5) is 24.0 Å². The molecule has 0 bridgehead atoms. The van der Waals surface area contributed by atoms with E-state index in [1.165, 1.54) is 12.1 Å². The van der Waals surface area contributed by atoms with Gasteiger partial charge in [-0.05, 0) is 12.1 Å². The van der Waals surface area contributed by atoms with Gasteiger partial charge in [0.2, 0.25) is 0 Å². The van der Waals surface area contributed by atoms with Gasteiger partial charge < -0.3 is 15.2 Å². The monoisotopic (exact) mass is 304 g/mol. The molecule has 0 fully saturated rings. The standard InChI is InChI=1S/C11H7F3N2O3S/c12-11(13,14)19-7-3-1-2-6(4-7)16-10-15-5-8(20-10)9(17)18/h1-5H,(H,15,16)(H,17,18). The van der Waals surface area contributed by atoms with Crippen LogP contribution >= 0.6 is 11.3 Å². The van der Waals surface area contributed by atoms with Crippen molar-refractivity contribution in [3.8, 4) is 5.75 Å². The number of hydrogen-bond donors (Lipinski definition) is 2. The van der Waals surface area contributed by atoms with Crippen molar-refractivity contribution in [3.05, 3.63) is 35.3 Å². The van der Waals surface area contributed by atoms with E-state index in [0.29, 0.717) is 5.69 Å². The normalized spacial score (nSPS) is 11.2. The van der Waals surface area contributed by atoms with E-state index >= 15 is 0 Å². The molecule has 1 heterocycles. The van der Waals surface area contributed by atoms with Gasteiger partial charge in [0.05, 0.1) is 6.20 Å². The van der Waals surface area contributed by atoms with E-state index in [2.05, 4.69) is 15.0 Å². The molecule has 0 unspecified atom stereocenters. The van der Waals surface area contributed by atoms with Crippen LogP contribution in [0, 0.1) is 0 Å². The molecule has 0 aliphatic carbocycles. The maximum atomic E-state index is 12.1. The van der Waals surface area contributed by atoms with Crippen molar-refractivity contribution < 1.29 is 27.8 Å². The molecule has 0 radical (unpaired) electrons. The van der Waals surface area contributed by atoms with Gasteiger partial charge in [-0.25, -0.2) is 9.78 Å². The Kier molecular flexibility index (Phi) is 3.79. The van der Waals surface area contributed by atoms with E-state index in [-0.39, 0.29) is 15.8 Å². The highest BCUT2D eigenvalue weighted by molar-refractivity contribution is 7.17. The highest BCUT2D eigenvalue weighted by Gasteiger charge is 2.31. The van der Waals surface area contributed by atoms with Gasteiger partial charge >= 0.3 is 12.3 Å². The Morgan fingerprint density at radius 2 is 2.15 bits per heavy atom. The lowest BCUT2D eigenvalue weighted by Gasteiger charge is -2.10. The van der Waals surface area contributed by atoms with Gasteiger partial charge in [-0.3, -0.25) is 0 Å². The minimum Gasteiger partial charge on any atom is -0.477 e. The fraction of sp³-hybridized carbons (Fsp3) is 0.0909. The summed E-state index contributed by atoms with van der Waals surface area (Å²) in [6.45, 7) is 0. The van der Waals surface area contributed by atoms with Gasteiger partial charge in [-0.15, -0.1) is 13.2 Å². The number of benzene rings is 1. The molecule has 0 amide bonds. The Labute approximate surface area is 114 Å². The predicted octanol–water partition coefficient (Wildman–Crippen LogP) is 3.48. The topological polar surface area (TPSA) is 71.5 Å². The highest BCUT2D eigenvalue weighted by Crippen LogP contribution is 2.28. The Hall–Kier alpha value is -2.29. The van der Waals surface area contributed by atoms with E-state index in [0.717, 1.165) is 29.7 Å². The molecule has 0 saturated heterocycles. The van der Waals surface area contributed by atoms with Crippen molar-refractivity contribution in [3.63, 3.8) is 0 Å². The van der Waals surface area contributed by atoms with Crippen LogP contribution in [-0.4, -0.2) is 22.4 Å². The number of anilines is 2. The van der Waals surface area contributed by atoms with Gasteiger partial charge in [0.25, 0.3) is 0 Å². The summed E-state index contributed by atoms with van der Waals surface area (Å²) in [5, 5.41) is 11.7. The average molecular weight is 304 g/mol. The van der Waals surface area contributed by atoms with Gasteiger partial charge in [-0.2, -0.15) is 0 Å². The first kappa shape index (κ1) is 14.1. The number of rotatable bonds is 4. The summed E-state index contributed by atoms with van der Waals surface area (Å²) in [6.07, 6.45) is -3.61. The maximum Gasteiger partial charge on any atom is 0.573 e. The van der Waals surface area contributed by atoms with Gasteiger partial charge in [0, 0.05) is 11.8 Å². The molecule has 20 heavy (non-hydrogen) atoms. The van der Waals surface area contributed by atoms with Crippen LogP contribution in [0.2, 0.25) is 0 Å². The molecule has 0 saturated carbocycles. The summed E-state index contributed by atoms with van der Waals surface area (Å²) in [5.74, 6) is -1.50. The summed E-state index contributed by atoms with van der Waals surface area (Å²) in [5.41, 5.74) is 0.304. The number of alkyl halides is 3. The zero-order valence-corrected chi connectivity index (χ0v) is 10.5. The van der Waals surface area contributed by atoms with Crippen LogP contribution in [-0.2, 0) is 0 Å². The molecule has 0 aliphatic rings. The zero-order valence-electron chi connectivity index (χ0n) is 9.64. The SMILES string of the molecule is O=C(O)c1cnc(Nc2cccc(OC(F)(F)F)c2)s1. The number of carboxylic acids is 1. The average Bonchev–Trinajstić information content (AvgIpc) is 2.75. The first-order chi connectivity index (χ1) is 9.33. The van der Waals surface area contributed by atoms with Crippen molar-refractivity contribution in [2.75, 3.05) is 5.32 Å². The van der Waals surface area contributed by atoms with E-state index < -0.39 is 12.3 Å². The Morgan fingerprint density at radius 3 is 2.75 bits per heavy atom. The zero-order chi connectivity index (χ0) is 14.8. The molecule has 0 atom stereocenters. The highest BCUT2D eigenvalue weighted by atomic mass is 32.1. The van der Waals surface area contributed by atoms with Crippen LogP contribution < -0.4 is 10.1 Å². The number of aromatic nitrogens is 1. The maximum absolute atomic E-state index is 12.1. The van der Waals surface area contributed by atoms with Crippen molar-refractivity contribution in [2.24, 2.45) is 0 Å². The van der Waals surface area contributed by atoms with Crippen molar-refractivity contribution >= 4 is 28.1 Å². The number of halogens is 3. The molecule has 2 N–H and O–H groups in total. The lowest BCUT2D eigenvalue weighted by molar-refractivity contribution is -0.274. The third-order valence-corrected chi connectivity index (χ3v) is 2.94. The smallest absolute Gasteiger partial charge is 0.477 e. The fourth-order valence-electron chi connectivity index (χ4n) is 1.33. The van der Waals surface area contributed by atoms with Gasteiger partial charge in [0.1, 0.15) is 10.6 Å². The summed E-state index contributed by atoms with van der Waals surface area (Å²) >= 11 is 0.870. The minimum absolute atomic E-state index is 0.0233. The van der Waals surface area contributed by atoms with E-state index in [1.54, 1.807) is 0 Å². The largest absolute Gasteiger partial charge is 0.573 e. The number of hydrogen-bond acceptors (Lipinski definition) is 5. The lowest BCUT2D eigenvalue weighted by atomic mass is 10.3. The van der Waals surface area contributed by atoms with Crippen molar-refractivity contribution in [2.45, 2.75) is 6.36 Å². The molecule has 0 spiro atoms. The van der Waals surface area contributed by atoms with Crippen LogP contribution in [0.3, 0.4) is 0 Å². The van der Waals surface area contributed by atoms with E-state index in [9.17, 15) is 18.0 Å². The number of nitrogens with one attached hydrogen (secondary N) is 1. The number of thiazole rings is 1. The van der Waals surface area contributed by atoms with Crippen molar-refractivity contribution in [1.29, 1.82) is 0 Å². The first-order valence-electron chi connectivity index (χ1n) is 5.15. The number of carbonyl (C=O) groups is 1. The van der Waals surface area contributed by atoms with E-state index in [1.807, 2.05) is 0 Å². The number of carboxylic acid groups (broad SMARTS) is 1. The molecule has 1 aromatic carbocycles. The number of ether oxygens (including phenoxy) is 1. The predicted molar refractivity (Wildman–Crippen MR) is 65.5 cm³/mol. The molecular formula is C11H7F3N2O3S. The molecular weight excluding hydrogens is 297 g/mol. The van der Waals surface area contributed by atoms with Crippen LogP contribution in [0.25, 0.3) is 0 Å². The number of aromatic carboxylic acids is 1. The summed E-state index contributed by atoms with van der Waals surface area (Å²) < 4.78 is 40.0. The quantitative estimate of drug-likeness (QED) is 0.904. The Morgan fingerprint density at radius 1 is 1.40 bits per heavy atom. The van der Waals surface area contributed by atoms with E-state index in [4.69, 9.17) is 5.11 Å². The molecule has 106 valence electrons.